The van der Waals surface area contributed by atoms with Crippen LogP contribution in [0.25, 0.3) is 0 Å². The van der Waals surface area contributed by atoms with E-state index < -0.39 is 11.0 Å². The Morgan fingerprint density at radius 3 is 2.54 bits per heavy atom. The molecule has 0 unspecified atom stereocenters. The van der Waals surface area contributed by atoms with Crippen molar-refractivity contribution in [1.29, 1.82) is 0 Å². The van der Waals surface area contributed by atoms with Crippen LogP contribution in [-0.4, -0.2) is 35.5 Å². The van der Waals surface area contributed by atoms with Crippen LogP contribution >= 0.6 is 11.6 Å². The molecule has 2 amide bonds. The highest BCUT2D eigenvalue weighted by molar-refractivity contribution is 6.33. The quantitative estimate of drug-likeness (QED) is 0.402. The van der Waals surface area contributed by atoms with Gasteiger partial charge < -0.3 is 15.0 Å². The van der Waals surface area contributed by atoms with Crippen LogP contribution in [0.15, 0.2) is 48.5 Å². The number of nitro benzene ring substituents is 1. The second-order valence-corrected chi connectivity index (χ2v) is 6.35. The van der Waals surface area contributed by atoms with Crippen molar-refractivity contribution in [3.63, 3.8) is 0 Å². The fourth-order valence-corrected chi connectivity index (χ4v) is 2.71. The molecular formula is C19H20ClN3O5. The van der Waals surface area contributed by atoms with Crippen LogP contribution in [0.3, 0.4) is 0 Å². The molecule has 0 fully saturated rings. The molecule has 0 saturated heterocycles. The van der Waals surface area contributed by atoms with Crippen molar-refractivity contribution < 1.29 is 19.2 Å². The topological polar surface area (TPSA) is 102 Å². The number of anilines is 1. The van der Waals surface area contributed by atoms with Crippen LogP contribution in [0.4, 0.5) is 16.2 Å². The van der Waals surface area contributed by atoms with Crippen LogP contribution < -0.4 is 5.32 Å². The molecule has 0 bridgehead atoms. The van der Waals surface area contributed by atoms with Gasteiger partial charge in [-0.15, -0.1) is 0 Å². The number of esters is 1. The molecule has 1 N–H and O–H groups in total. The summed E-state index contributed by atoms with van der Waals surface area (Å²) in [5.41, 5.74) is 1.02. The molecule has 0 aliphatic rings. The van der Waals surface area contributed by atoms with E-state index in [9.17, 15) is 19.7 Å². The lowest BCUT2D eigenvalue weighted by molar-refractivity contribution is -0.384. The van der Waals surface area contributed by atoms with Gasteiger partial charge in [0.25, 0.3) is 5.69 Å². The molecule has 9 heteroatoms. The Bertz CT molecular complexity index is 845. The van der Waals surface area contributed by atoms with Crippen molar-refractivity contribution in [2.45, 2.75) is 19.4 Å². The number of non-ortho nitro benzene ring substituents is 1. The van der Waals surface area contributed by atoms with Gasteiger partial charge in [-0.1, -0.05) is 41.9 Å². The molecule has 28 heavy (non-hydrogen) atoms. The summed E-state index contributed by atoms with van der Waals surface area (Å²) >= 11 is 6.05. The predicted octanol–water partition coefficient (Wildman–Crippen LogP) is 4.24. The summed E-state index contributed by atoms with van der Waals surface area (Å²) in [6.45, 7) is 0.652. The molecule has 0 aromatic heterocycles. The van der Waals surface area contributed by atoms with Crippen molar-refractivity contribution in [2.24, 2.45) is 0 Å². The van der Waals surface area contributed by atoms with E-state index in [1.165, 1.54) is 30.2 Å². The normalized spacial score (nSPS) is 10.2. The number of nitro groups is 1. The van der Waals surface area contributed by atoms with E-state index in [0.717, 1.165) is 5.56 Å². The number of nitrogens with zero attached hydrogens (tertiary/aromatic N) is 2. The number of halogens is 1. The van der Waals surface area contributed by atoms with E-state index in [2.05, 4.69) is 10.1 Å². The maximum atomic E-state index is 12.7. The van der Waals surface area contributed by atoms with E-state index in [-0.39, 0.29) is 28.8 Å². The molecule has 8 nitrogen and oxygen atoms in total. The number of ether oxygens (including phenoxy) is 1. The number of amides is 2. The number of carbonyl (C=O) groups excluding carboxylic acids is 2. The lowest BCUT2D eigenvalue weighted by atomic mass is 10.2. The van der Waals surface area contributed by atoms with Crippen LogP contribution in [0, 0.1) is 10.1 Å². The molecule has 0 aliphatic heterocycles. The Kier molecular flexibility index (Phi) is 7.76. The Labute approximate surface area is 167 Å². The fourth-order valence-electron chi connectivity index (χ4n) is 2.49. The van der Waals surface area contributed by atoms with Gasteiger partial charge in [0.1, 0.15) is 0 Å². The van der Waals surface area contributed by atoms with E-state index in [4.69, 9.17) is 11.6 Å². The first kappa shape index (κ1) is 21.2. The third-order valence-corrected chi connectivity index (χ3v) is 4.26. The van der Waals surface area contributed by atoms with E-state index in [1.807, 2.05) is 30.3 Å². The van der Waals surface area contributed by atoms with Gasteiger partial charge in [-0.05, 0) is 18.1 Å². The van der Waals surface area contributed by atoms with E-state index in [1.54, 1.807) is 0 Å². The summed E-state index contributed by atoms with van der Waals surface area (Å²) in [7, 11) is 1.31. The van der Waals surface area contributed by atoms with Gasteiger partial charge in [-0.25, -0.2) is 4.79 Å². The third kappa shape index (κ3) is 6.24. The molecule has 2 aromatic rings. The van der Waals surface area contributed by atoms with Gasteiger partial charge in [0, 0.05) is 31.6 Å². The maximum absolute atomic E-state index is 12.7. The van der Waals surface area contributed by atoms with Crippen LogP contribution in [0.1, 0.15) is 18.4 Å². The Hall–Kier alpha value is -3.13. The zero-order valence-corrected chi connectivity index (χ0v) is 16.0. The van der Waals surface area contributed by atoms with E-state index in [0.29, 0.717) is 19.5 Å². The largest absolute Gasteiger partial charge is 0.469 e. The van der Waals surface area contributed by atoms with Crippen molar-refractivity contribution in [3.05, 3.63) is 69.2 Å². The van der Waals surface area contributed by atoms with Crippen molar-refractivity contribution in [2.75, 3.05) is 19.0 Å². The highest BCUT2D eigenvalue weighted by Gasteiger charge is 2.17. The zero-order valence-electron chi connectivity index (χ0n) is 15.3. The highest BCUT2D eigenvalue weighted by Crippen LogP contribution is 2.27. The number of rotatable bonds is 8. The van der Waals surface area contributed by atoms with Crippen LogP contribution in [-0.2, 0) is 16.1 Å². The second kappa shape index (κ2) is 10.3. The smallest absolute Gasteiger partial charge is 0.322 e. The van der Waals surface area contributed by atoms with Gasteiger partial charge in [0.15, 0.2) is 0 Å². The Balaban J connectivity index is 2.10. The summed E-state index contributed by atoms with van der Waals surface area (Å²) in [6.07, 6.45) is 0.619. The molecule has 0 atom stereocenters. The first-order valence-corrected chi connectivity index (χ1v) is 8.89. The van der Waals surface area contributed by atoms with Gasteiger partial charge in [-0.2, -0.15) is 0 Å². The van der Waals surface area contributed by atoms with Gasteiger partial charge in [0.05, 0.1) is 22.7 Å². The molecular weight excluding hydrogens is 386 g/mol. The minimum atomic E-state index is -0.563. The summed E-state index contributed by atoms with van der Waals surface area (Å²) in [6, 6.07) is 12.8. The van der Waals surface area contributed by atoms with Gasteiger partial charge >= 0.3 is 12.0 Å². The number of hydrogen-bond acceptors (Lipinski definition) is 5. The average Bonchev–Trinajstić information content (AvgIpc) is 2.69. The van der Waals surface area contributed by atoms with Crippen molar-refractivity contribution in [3.8, 4) is 0 Å². The third-order valence-electron chi connectivity index (χ3n) is 3.95. The summed E-state index contributed by atoms with van der Waals surface area (Å²) in [5, 5.41) is 13.5. The molecule has 0 saturated carbocycles. The van der Waals surface area contributed by atoms with Crippen molar-refractivity contribution >= 4 is 35.0 Å². The molecule has 2 aromatic carbocycles. The molecule has 0 heterocycles. The summed E-state index contributed by atoms with van der Waals surface area (Å²) in [5.74, 6) is -0.349. The van der Waals surface area contributed by atoms with Gasteiger partial charge in [0.2, 0.25) is 0 Å². The Morgan fingerprint density at radius 2 is 1.93 bits per heavy atom. The number of nitrogens with one attached hydrogen (secondary N) is 1. The molecule has 148 valence electrons. The zero-order chi connectivity index (χ0) is 20.5. The predicted molar refractivity (Wildman–Crippen MR) is 105 cm³/mol. The maximum Gasteiger partial charge on any atom is 0.322 e. The molecule has 0 aliphatic carbocycles. The van der Waals surface area contributed by atoms with Crippen molar-refractivity contribution in [1.82, 2.24) is 4.90 Å². The number of carbonyl (C=O) groups is 2. The van der Waals surface area contributed by atoms with Crippen LogP contribution in [0.5, 0.6) is 0 Å². The highest BCUT2D eigenvalue weighted by atomic mass is 35.5. The number of urea groups is 1. The first-order valence-electron chi connectivity index (χ1n) is 8.51. The van der Waals surface area contributed by atoms with Crippen LogP contribution in [0.2, 0.25) is 5.02 Å². The monoisotopic (exact) mass is 405 g/mol. The molecule has 0 spiro atoms. The number of methoxy groups -OCH3 is 1. The summed E-state index contributed by atoms with van der Waals surface area (Å²) < 4.78 is 4.62. The van der Waals surface area contributed by atoms with E-state index >= 15 is 0 Å². The fraction of sp³-hybridized carbons (Fsp3) is 0.263. The first-order chi connectivity index (χ1) is 13.4. The minimum absolute atomic E-state index is 0.0665. The lowest BCUT2D eigenvalue weighted by Gasteiger charge is -2.23. The standard InChI is InChI=1S/C19H20ClN3O5/c1-28-18(24)8-5-11-22(13-14-6-3-2-4-7-14)19(25)21-17-10-9-15(23(26)27)12-16(17)20/h2-4,6-7,9-10,12H,5,8,11,13H2,1H3,(H,21,25). The molecule has 0 radical (unpaired) electrons. The minimum Gasteiger partial charge on any atom is -0.469 e. The Morgan fingerprint density at radius 1 is 1.21 bits per heavy atom. The second-order valence-electron chi connectivity index (χ2n) is 5.94. The summed E-state index contributed by atoms with van der Waals surface area (Å²) in [4.78, 5) is 35.9. The number of hydrogen-bond donors (Lipinski definition) is 1. The van der Waals surface area contributed by atoms with Gasteiger partial charge in [-0.3, -0.25) is 14.9 Å². The lowest BCUT2D eigenvalue weighted by Crippen LogP contribution is -2.35. The number of benzene rings is 2. The molecule has 2 rings (SSSR count). The SMILES string of the molecule is COC(=O)CCCN(Cc1ccccc1)C(=O)Nc1ccc([N+](=O)[O-])cc1Cl. The average molecular weight is 406 g/mol.